The van der Waals surface area contributed by atoms with Crippen molar-refractivity contribution in [3.8, 4) is 0 Å². The zero-order chi connectivity index (χ0) is 18.3. The lowest BCUT2D eigenvalue weighted by molar-refractivity contribution is -0.379. The fourth-order valence-electron chi connectivity index (χ4n) is 2.84. The van der Waals surface area contributed by atoms with E-state index in [1.165, 1.54) is 17.2 Å². The largest absolute Gasteiger partial charge is 0.391 e. The average Bonchev–Trinajstić information content (AvgIpc) is 3.11. The molecule has 3 heterocycles. The third kappa shape index (κ3) is 2.35. The Hall–Kier alpha value is -2.95. The number of halogens is 1. The molecule has 1 saturated heterocycles. The summed E-state index contributed by atoms with van der Waals surface area (Å²) in [6.07, 6.45) is -1.08. The highest BCUT2D eigenvalue weighted by molar-refractivity contribution is 6.06. The number of hydrogen-bond donors (Lipinski definition) is 3. The van der Waals surface area contributed by atoms with Gasteiger partial charge in [-0.05, 0) is 12.1 Å². The van der Waals surface area contributed by atoms with Gasteiger partial charge in [0, 0.05) is 5.56 Å². The van der Waals surface area contributed by atoms with E-state index in [-0.39, 0.29) is 22.9 Å². The molecule has 2 aromatic heterocycles. The molecule has 3 N–H and O–H groups in total. The molecule has 0 bridgehead atoms. The van der Waals surface area contributed by atoms with Crippen LogP contribution in [0.25, 0.3) is 11.2 Å². The van der Waals surface area contributed by atoms with Crippen molar-refractivity contribution in [3.63, 3.8) is 0 Å². The molecule has 0 saturated carbocycles. The fourth-order valence-corrected chi connectivity index (χ4v) is 2.84. The van der Waals surface area contributed by atoms with E-state index in [1.54, 1.807) is 30.3 Å². The van der Waals surface area contributed by atoms with Crippen LogP contribution in [0.3, 0.4) is 0 Å². The molecule has 1 fully saturated rings. The van der Waals surface area contributed by atoms with Crippen molar-refractivity contribution in [1.82, 2.24) is 19.5 Å². The molecule has 9 nitrogen and oxygen atoms in total. The molecule has 134 valence electrons. The Labute approximate surface area is 146 Å². The predicted octanol–water partition coefficient (Wildman–Crippen LogP) is 0.410. The first-order chi connectivity index (χ1) is 12.6. The van der Waals surface area contributed by atoms with E-state index in [0.29, 0.717) is 5.56 Å². The van der Waals surface area contributed by atoms with Crippen molar-refractivity contribution in [2.24, 2.45) is 0 Å². The van der Waals surface area contributed by atoms with Crippen LogP contribution in [0.2, 0.25) is 0 Å². The number of amides is 1. The third-order valence-electron chi connectivity index (χ3n) is 4.26. The molecule has 1 aromatic carbocycles. The number of aliphatic hydroxyl groups is 2. The summed E-state index contributed by atoms with van der Waals surface area (Å²) in [7, 11) is 0. The van der Waals surface area contributed by atoms with Gasteiger partial charge in [0.05, 0.1) is 12.9 Å². The number of benzene rings is 1. The van der Waals surface area contributed by atoms with E-state index in [4.69, 9.17) is 4.74 Å². The van der Waals surface area contributed by atoms with Gasteiger partial charge in [-0.1, -0.05) is 18.2 Å². The van der Waals surface area contributed by atoms with Crippen LogP contribution in [0.15, 0.2) is 43.0 Å². The third-order valence-corrected chi connectivity index (χ3v) is 4.26. The summed E-state index contributed by atoms with van der Waals surface area (Å²) in [5.41, 5.74) is -0.905. The second-order valence-corrected chi connectivity index (χ2v) is 5.75. The summed E-state index contributed by atoms with van der Waals surface area (Å²) in [5.74, 6) is -0.248. The number of carbonyl (C=O) groups is 1. The van der Waals surface area contributed by atoms with Crippen molar-refractivity contribution < 1.29 is 24.1 Å². The van der Waals surface area contributed by atoms with E-state index in [9.17, 15) is 19.4 Å². The van der Waals surface area contributed by atoms with Crippen LogP contribution in [0.1, 0.15) is 10.4 Å². The van der Waals surface area contributed by atoms with E-state index in [0.717, 1.165) is 0 Å². The monoisotopic (exact) mass is 359 g/mol. The number of ether oxygens (including phenoxy) is 1. The molecular formula is C16H14FN5O4. The summed E-state index contributed by atoms with van der Waals surface area (Å²) in [6, 6.07) is 8.54. The Morgan fingerprint density at radius 1 is 1.31 bits per heavy atom. The maximum atomic E-state index is 13.3. The van der Waals surface area contributed by atoms with Crippen LogP contribution in [-0.4, -0.2) is 54.7 Å². The van der Waals surface area contributed by atoms with Gasteiger partial charge in [-0.25, -0.2) is 19.3 Å². The number of carbonyl (C=O) groups excluding carboxylic acids is 1. The molecular weight excluding hydrogens is 345 g/mol. The SMILES string of the molecule is O=C(Nc1ncnc2c1ncn2[C@]1(CO)O[C@H](F)[C@H]1O)c1ccccc1. The van der Waals surface area contributed by atoms with Crippen LogP contribution in [0.4, 0.5) is 10.2 Å². The highest BCUT2D eigenvalue weighted by atomic mass is 19.1. The van der Waals surface area contributed by atoms with E-state index < -0.39 is 24.8 Å². The number of aromatic nitrogens is 4. The molecule has 0 radical (unpaired) electrons. The number of alkyl halides is 1. The van der Waals surface area contributed by atoms with Crippen molar-refractivity contribution in [2.45, 2.75) is 18.2 Å². The van der Waals surface area contributed by atoms with Crippen LogP contribution in [0, 0.1) is 0 Å². The van der Waals surface area contributed by atoms with E-state index >= 15 is 0 Å². The van der Waals surface area contributed by atoms with Gasteiger partial charge in [-0.3, -0.25) is 9.36 Å². The minimum atomic E-state index is -1.92. The van der Waals surface area contributed by atoms with Gasteiger partial charge in [0.1, 0.15) is 6.33 Å². The first-order valence-corrected chi connectivity index (χ1v) is 7.72. The molecule has 1 aliphatic heterocycles. The minimum Gasteiger partial charge on any atom is -0.391 e. The summed E-state index contributed by atoms with van der Waals surface area (Å²) in [5, 5.41) is 22.1. The highest BCUT2D eigenvalue weighted by Crippen LogP contribution is 2.40. The van der Waals surface area contributed by atoms with Crippen molar-refractivity contribution >= 4 is 22.9 Å². The molecule has 0 unspecified atom stereocenters. The molecule has 3 atom stereocenters. The van der Waals surface area contributed by atoms with E-state index in [2.05, 4.69) is 20.3 Å². The topological polar surface area (TPSA) is 122 Å². The lowest BCUT2D eigenvalue weighted by atomic mass is 10.0. The lowest BCUT2D eigenvalue weighted by Gasteiger charge is -2.47. The molecule has 1 aliphatic rings. The first kappa shape index (κ1) is 16.5. The summed E-state index contributed by atoms with van der Waals surface area (Å²) in [6.45, 7) is -0.685. The normalized spacial score (nSPS) is 25.0. The predicted molar refractivity (Wildman–Crippen MR) is 86.8 cm³/mol. The standard InChI is InChI=1S/C16H14FN5O4/c17-12-11(24)16(6-23,26-12)22-8-20-10-13(18-7-19-14(10)22)21-15(25)9-4-2-1-3-5-9/h1-5,7-8,11-12,23-24H,6H2,(H,18,19,21,25)/t11-,12+,16-/m1/s1. The number of rotatable bonds is 4. The van der Waals surface area contributed by atoms with Crippen molar-refractivity contribution in [3.05, 3.63) is 48.5 Å². The summed E-state index contributed by atoms with van der Waals surface area (Å²) < 4.78 is 19.5. The van der Waals surface area contributed by atoms with E-state index in [1.807, 2.05) is 0 Å². The molecule has 0 spiro atoms. The number of aliphatic hydroxyl groups excluding tert-OH is 2. The molecule has 4 rings (SSSR count). The molecule has 26 heavy (non-hydrogen) atoms. The van der Waals surface area contributed by atoms with Crippen LogP contribution < -0.4 is 5.32 Å². The zero-order valence-corrected chi connectivity index (χ0v) is 13.3. The molecule has 0 aliphatic carbocycles. The second kappa shape index (κ2) is 6.09. The fraction of sp³-hybridized carbons (Fsp3) is 0.250. The number of hydrogen-bond acceptors (Lipinski definition) is 7. The minimum absolute atomic E-state index is 0.140. The smallest absolute Gasteiger partial charge is 0.256 e. The lowest BCUT2D eigenvalue weighted by Crippen LogP contribution is -2.65. The van der Waals surface area contributed by atoms with Crippen LogP contribution in [-0.2, 0) is 10.5 Å². The maximum absolute atomic E-state index is 13.3. The Kier molecular flexibility index (Phi) is 3.87. The quantitative estimate of drug-likeness (QED) is 0.617. The number of imidazole rings is 1. The summed E-state index contributed by atoms with van der Waals surface area (Å²) in [4.78, 5) is 24.5. The first-order valence-electron chi connectivity index (χ1n) is 7.72. The van der Waals surface area contributed by atoms with Crippen molar-refractivity contribution in [1.29, 1.82) is 0 Å². The number of nitrogens with zero attached hydrogens (tertiary/aromatic N) is 4. The van der Waals surface area contributed by atoms with Gasteiger partial charge in [-0.15, -0.1) is 0 Å². The van der Waals surface area contributed by atoms with Crippen LogP contribution in [0.5, 0.6) is 0 Å². The second-order valence-electron chi connectivity index (χ2n) is 5.75. The Bertz CT molecular complexity index is 966. The van der Waals surface area contributed by atoms with Gasteiger partial charge in [-0.2, -0.15) is 0 Å². The summed E-state index contributed by atoms with van der Waals surface area (Å²) >= 11 is 0. The molecule has 1 amide bonds. The van der Waals surface area contributed by atoms with Gasteiger partial charge in [0.2, 0.25) is 12.1 Å². The van der Waals surface area contributed by atoms with Gasteiger partial charge in [0.25, 0.3) is 5.91 Å². The van der Waals surface area contributed by atoms with Gasteiger partial charge >= 0.3 is 0 Å². The number of fused-ring (bicyclic) bond motifs is 1. The average molecular weight is 359 g/mol. The maximum Gasteiger partial charge on any atom is 0.256 e. The molecule has 10 heteroatoms. The van der Waals surface area contributed by atoms with Crippen molar-refractivity contribution in [2.75, 3.05) is 11.9 Å². The number of nitrogens with one attached hydrogen (secondary N) is 1. The van der Waals surface area contributed by atoms with Gasteiger partial charge in [0.15, 0.2) is 23.1 Å². The van der Waals surface area contributed by atoms with Crippen LogP contribution >= 0.6 is 0 Å². The highest BCUT2D eigenvalue weighted by Gasteiger charge is 2.58. The Balaban J connectivity index is 1.71. The Morgan fingerprint density at radius 2 is 2.08 bits per heavy atom. The molecule has 3 aromatic rings. The Morgan fingerprint density at radius 3 is 2.73 bits per heavy atom. The number of anilines is 1. The van der Waals surface area contributed by atoms with Gasteiger partial charge < -0.3 is 20.3 Å². The zero-order valence-electron chi connectivity index (χ0n) is 13.3.